The third-order valence-electron chi connectivity index (χ3n) is 5.93. The first kappa shape index (κ1) is 28.4. The van der Waals surface area contributed by atoms with Crippen molar-refractivity contribution in [1.82, 2.24) is 15.5 Å². The number of nitrogens with zero attached hydrogens (tertiary/aromatic N) is 1. The Kier molecular flexibility index (Phi) is 10.8. The van der Waals surface area contributed by atoms with E-state index in [4.69, 9.17) is 4.74 Å². The summed E-state index contributed by atoms with van der Waals surface area (Å²) >= 11 is 0. The van der Waals surface area contributed by atoms with Crippen LogP contribution in [0.25, 0.3) is 0 Å². The van der Waals surface area contributed by atoms with Crippen molar-refractivity contribution in [1.29, 1.82) is 0 Å². The van der Waals surface area contributed by atoms with Crippen molar-refractivity contribution in [2.24, 2.45) is 5.92 Å². The molecular formula is C28H43N3O4. The number of ether oxygens (including phenoxy) is 1. The van der Waals surface area contributed by atoms with Crippen LogP contribution in [-0.4, -0.2) is 47.0 Å². The average Bonchev–Trinajstić information content (AvgIpc) is 2.77. The molecule has 1 aliphatic carbocycles. The van der Waals surface area contributed by atoms with Crippen molar-refractivity contribution in [2.75, 3.05) is 6.54 Å². The van der Waals surface area contributed by atoms with Gasteiger partial charge in [-0.2, -0.15) is 0 Å². The summed E-state index contributed by atoms with van der Waals surface area (Å²) in [4.78, 5) is 41.6. The first-order chi connectivity index (χ1) is 16.5. The number of hydrogen-bond acceptors (Lipinski definition) is 4. The van der Waals surface area contributed by atoms with E-state index in [1.165, 1.54) is 11.3 Å². The maximum Gasteiger partial charge on any atom is 0.408 e. The van der Waals surface area contributed by atoms with E-state index in [1.807, 2.05) is 44.2 Å². The zero-order valence-electron chi connectivity index (χ0n) is 22.0. The van der Waals surface area contributed by atoms with Crippen LogP contribution in [0.5, 0.6) is 0 Å². The Balaban J connectivity index is 2.37. The third kappa shape index (κ3) is 9.38. The van der Waals surface area contributed by atoms with Gasteiger partial charge in [-0.05, 0) is 51.5 Å². The second-order valence-electron chi connectivity index (χ2n) is 10.8. The molecule has 194 valence electrons. The summed E-state index contributed by atoms with van der Waals surface area (Å²) in [5.41, 5.74) is 0.0274. The van der Waals surface area contributed by atoms with Crippen LogP contribution < -0.4 is 10.6 Å². The molecule has 1 fully saturated rings. The van der Waals surface area contributed by atoms with Gasteiger partial charge in [-0.15, -0.1) is 6.58 Å². The molecule has 2 N–H and O–H groups in total. The summed E-state index contributed by atoms with van der Waals surface area (Å²) in [7, 11) is 0. The molecule has 2 rings (SSSR count). The fourth-order valence-electron chi connectivity index (χ4n) is 4.44. The van der Waals surface area contributed by atoms with E-state index in [2.05, 4.69) is 17.2 Å². The molecule has 2 atom stereocenters. The second-order valence-corrected chi connectivity index (χ2v) is 10.8. The fourth-order valence-corrected chi connectivity index (χ4v) is 4.44. The molecule has 7 heteroatoms. The number of hydrogen-bond donors (Lipinski definition) is 2. The van der Waals surface area contributed by atoms with Gasteiger partial charge in [0.05, 0.1) is 0 Å². The highest BCUT2D eigenvalue weighted by atomic mass is 16.6. The summed E-state index contributed by atoms with van der Waals surface area (Å²) in [5, 5.41) is 5.94. The van der Waals surface area contributed by atoms with Crippen molar-refractivity contribution >= 4 is 17.9 Å². The van der Waals surface area contributed by atoms with Crippen LogP contribution in [-0.2, 0) is 14.3 Å². The van der Waals surface area contributed by atoms with Crippen LogP contribution in [0, 0.1) is 5.92 Å². The molecule has 2 unspecified atom stereocenters. The van der Waals surface area contributed by atoms with Crippen LogP contribution in [0.15, 0.2) is 43.0 Å². The second kappa shape index (κ2) is 13.3. The minimum atomic E-state index is -0.835. The van der Waals surface area contributed by atoms with E-state index >= 15 is 0 Å². The van der Waals surface area contributed by atoms with E-state index in [0.717, 1.165) is 31.2 Å². The summed E-state index contributed by atoms with van der Waals surface area (Å²) in [6.07, 6.45) is 6.62. The third-order valence-corrected chi connectivity index (χ3v) is 5.93. The van der Waals surface area contributed by atoms with Gasteiger partial charge in [-0.25, -0.2) is 4.79 Å². The summed E-state index contributed by atoms with van der Waals surface area (Å²) in [6, 6.07) is 7.74. The van der Waals surface area contributed by atoms with E-state index < -0.39 is 23.8 Å². The van der Waals surface area contributed by atoms with Gasteiger partial charge in [0.25, 0.3) is 0 Å². The SMILES string of the molecule is C=CCN(C(=O)C(CC(C)C)NC(=O)OC(C)(C)C)C(C(=O)NC1CCCCC1)c1ccccc1. The average molecular weight is 486 g/mol. The lowest BCUT2D eigenvalue weighted by Gasteiger charge is -2.35. The summed E-state index contributed by atoms with van der Waals surface area (Å²) in [5.74, 6) is -0.410. The molecular weight excluding hydrogens is 442 g/mol. The van der Waals surface area contributed by atoms with Crippen molar-refractivity contribution in [3.8, 4) is 0 Å². The van der Waals surface area contributed by atoms with Gasteiger partial charge in [0, 0.05) is 12.6 Å². The number of amides is 3. The molecule has 0 spiro atoms. The predicted octanol–water partition coefficient (Wildman–Crippen LogP) is 5.13. The number of alkyl carbamates (subject to hydrolysis) is 1. The Morgan fingerprint density at radius 3 is 2.29 bits per heavy atom. The Morgan fingerprint density at radius 2 is 1.74 bits per heavy atom. The van der Waals surface area contributed by atoms with Crippen molar-refractivity contribution in [3.05, 3.63) is 48.6 Å². The Morgan fingerprint density at radius 1 is 1.11 bits per heavy atom. The van der Waals surface area contributed by atoms with E-state index in [9.17, 15) is 14.4 Å². The molecule has 0 aromatic heterocycles. The van der Waals surface area contributed by atoms with Gasteiger partial charge in [0.15, 0.2) is 0 Å². The monoisotopic (exact) mass is 485 g/mol. The van der Waals surface area contributed by atoms with Gasteiger partial charge < -0.3 is 20.3 Å². The topological polar surface area (TPSA) is 87.7 Å². The molecule has 0 aliphatic heterocycles. The van der Waals surface area contributed by atoms with Crippen LogP contribution >= 0.6 is 0 Å². The van der Waals surface area contributed by atoms with Gasteiger partial charge in [0.1, 0.15) is 17.7 Å². The van der Waals surface area contributed by atoms with Gasteiger partial charge in [-0.1, -0.05) is 69.5 Å². The first-order valence-electron chi connectivity index (χ1n) is 12.8. The highest BCUT2D eigenvalue weighted by molar-refractivity contribution is 5.92. The van der Waals surface area contributed by atoms with E-state index in [0.29, 0.717) is 6.42 Å². The Hall–Kier alpha value is -2.83. The van der Waals surface area contributed by atoms with Crippen LogP contribution in [0.2, 0.25) is 0 Å². The Bertz CT molecular complexity index is 842. The van der Waals surface area contributed by atoms with Crippen molar-refractivity contribution < 1.29 is 19.1 Å². The molecule has 1 aromatic carbocycles. The number of carbonyl (C=O) groups excluding carboxylic acids is 3. The largest absolute Gasteiger partial charge is 0.444 e. The zero-order valence-corrected chi connectivity index (χ0v) is 22.0. The molecule has 35 heavy (non-hydrogen) atoms. The fraction of sp³-hybridized carbons (Fsp3) is 0.607. The lowest BCUT2D eigenvalue weighted by molar-refractivity contribution is -0.142. The van der Waals surface area contributed by atoms with Crippen LogP contribution in [0.1, 0.15) is 84.7 Å². The molecule has 7 nitrogen and oxygen atoms in total. The predicted molar refractivity (Wildman–Crippen MR) is 139 cm³/mol. The number of benzene rings is 1. The van der Waals surface area contributed by atoms with Crippen LogP contribution in [0.3, 0.4) is 0 Å². The zero-order chi connectivity index (χ0) is 26.0. The molecule has 3 amide bonds. The summed E-state index contributed by atoms with van der Waals surface area (Å²) < 4.78 is 5.41. The highest BCUT2D eigenvalue weighted by Gasteiger charge is 2.36. The molecule has 1 saturated carbocycles. The molecule has 0 saturated heterocycles. The standard InChI is InChI=1S/C28H43N3O4/c1-7-18-31(26(33)23(19-20(2)3)30-27(34)35-28(4,5)6)24(21-14-10-8-11-15-21)25(32)29-22-16-12-9-13-17-22/h7-8,10-11,14-15,20,22-24H,1,9,12-13,16-19H2,2-6H3,(H,29,32)(H,30,34). The maximum atomic E-state index is 13.9. The van der Waals surface area contributed by atoms with Gasteiger partial charge in [0.2, 0.25) is 11.8 Å². The normalized spacial score (nSPS) is 16.2. The van der Waals surface area contributed by atoms with Gasteiger partial charge >= 0.3 is 6.09 Å². The molecule has 0 bridgehead atoms. The summed E-state index contributed by atoms with van der Waals surface area (Å²) in [6.45, 7) is 13.3. The quantitative estimate of drug-likeness (QED) is 0.450. The maximum absolute atomic E-state index is 13.9. The minimum absolute atomic E-state index is 0.106. The smallest absolute Gasteiger partial charge is 0.408 e. The lowest BCUT2D eigenvalue weighted by Crippen LogP contribution is -2.54. The number of nitrogens with one attached hydrogen (secondary N) is 2. The number of carbonyl (C=O) groups is 3. The lowest BCUT2D eigenvalue weighted by atomic mass is 9.94. The van der Waals surface area contributed by atoms with Crippen LogP contribution in [0.4, 0.5) is 4.79 Å². The highest BCUT2D eigenvalue weighted by Crippen LogP contribution is 2.25. The van der Waals surface area contributed by atoms with E-state index in [1.54, 1.807) is 26.8 Å². The Labute approximate surface area is 210 Å². The molecule has 1 aliphatic rings. The van der Waals surface area contributed by atoms with Gasteiger partial charge in [-0.3, -0.25) is 9.59 Å². The molecule has 0 radical (unpaired) electrons. The van der Waals surface area contributed by atoms with E-state index in [-0.39, 0.29) is 30.3 Å². The molecule has 0 heterocycles. The number of rotatable bonds is 10. The van der Waals surface area contributed by atoms with Crippen molar-refractivity contribution in [2.45, 2.75) is 96.9 Å². The minimum Gasteiger partial charge on any atom is -0.444 e. The first-order valence-corrected chi connectivity index (χ1v) is 12.8. The van der Waals surface area contributed by atoms with Crippen molar-refractivity contribution in [3.63, 3.8) is 0 Å². The molecule has 1 aromatic rings.